The van der Waals surface area contributed by atoms with E-state index < -0.39 is 29.6 Å². The molecule has 12 heteroatoms. The summed E-state index contributed by atoms with van der Waals surface area (Å²) in [5, 5.41) is 2.85. The van der Waals surface area contributed by atoms with Gasteiger partial charge in [-0.2, -0.15) is 4.98 Å². The van der Waals surface area contributed by atoms with Gasteiger partial charge >= 0.3 is 12.1 Å². The summed E-state index contributed by atoms with van der Waals surface area (Å²) in [6.45, 7) is 11.5. The lowest BCUT2D eigenvalue weighted by Crippen LogP contribution is -2.62. The smallest absolute Gasteiger partial charge is 0.410 e. The van der Waals surface area contributed by atoms with Crippen molar-refractivity contribution in [2.75, 3.05) is 19.7 Å². The first kappa shape index (κ1) is 34.6. The van der Waals surface area contributed by atoms with E-state index >= 15 is 0 Å². The molecule has 1 saturated carbocycles. The minimum absolute atomic E-state index is 0.00865. The minimum Gasteiger partial charge on any atom is -0.474 e. The van der Waals surface area contributed by atoms with Crippen LogP contribution in [0.5, 0.6) is 5.88 Å². The van der Waals surface area contributed by atoms with E-state index in [1.807, 2.05) is 44.2 Å². The average Bonchev–Trinajstić information content (AvgIpc) is 3.52. The van der Waals surface area contributed by atoms with Gasteiger partial charge in [0.25, 0.3) is 5.91 Å². The molecule has 2 heterocycles. The number of carbonyl (C=O) groups excluding carboxylic acids is 4. The van der Waals surface area contributed by atoms with Crippen LogP contribution in [-0.2, 0) is 19.1 Å². The van der Waals surface area contributed by atoms with Crippen LogP contribution in [0.1, 0.15) is 90.6 Å². The molecule has 1 aromatic heterocycles. The molecule has 12 nitrogen and oxygen atoms in total. The van der Waals surface area contributed by atoms with Crippen LogP contribution in [0.2, 0.25) is 0 Å². The molecular weight excluding hydrogens is 590 g/mol. The minimum atomic E-state index is -1.06. The number of ether oxygens (including phenoxy) is 3. The first-order valence-corrected chi connectivity index (χ1v) is 16.2. The van der Waals surface area contributed by atoms with Crippen LogP contribution >= 0.6 is 0 Å². The highest BCUT2D eigenvalue weighted by Gasteiger charge is 2.38. The van der Waals surface area contributed by atoms with Gasteiger partial charge in [-0.1, -0.05) is 30.3 Å². The predicted octanol–water partition coefficient (Wildman–Crippen LogP) is 4.76. The third-order valence-corrected chi connectivity index (χ3v) is 7.99. The molecule has 2 aromatic rings. The van der Waals surface area contributed by atoms with Gasteiger partial charge in [-0.25, -0.2) is 9.78 Å². The fourth-order valence-electron chi connectivity index (χ4n) is 5.73. The Morgan fingerprint density at radius 1 is 0.978 bits per heavy atom. The number of hydrogen-bond acceptors (Lipinski definition) is 9. The van der Waals surface area contributed by atoms with Crippen molar-refractivity contribution in [3.8, 4) is 17.3 Å². The molecule has 1 aromatic carbocycles. The molecule has 2 aliphatic rings. The molecule has 46 heavy (non-hydrogen) atoms. The van der Waals surface area contributed by atoms with Gasteiger partial charge in [0.2, 0.25) is 11.8 Å². The Morgan fingerprint density at radius 2 is 1.63 bits per heavy atom. The average molecular weight is 638 g/mol. The highest BCUT2D eigenvalue weighted by molar-refractivity contribution is 5.97. The maximum absolute atomic E-state index is 14.1. The van der Waals surface area contributed by atoms with Crippen molar-refractivity contribution >= 4 is 23.9 Å². The number of carbonyl (C=O) groups is 4. The van der Waals surface area contributed by atoms with Crippen molar-refractivity contribution in [2.24, 2.45) is 0 Å². The van der Waals surface area contributed by atoms with E-state index in [1.54, 1.807) is 37.5 Å². The zero-order valence-corrected chi connectivity index (χ0v) is 27.8. The summed E-state index contributed by atoms with van der Waals surface area (Å²) >= 11 is 0. The number of esters is 1. The Kier molecular flexibility index (Phi) is 11.6. The molecule has 0 spiro atoms. The summed E-state index contributed by atoms with van der Waals surface area (Å²) in [5.41, 5.74) is 0.0660. The lowest BCUT2D eigenvalue weighted by molar-refractivity contribution is -0.155. The molecular formula is C34H47N5O7. The topological polar surface area (TPSA) is 140 Å². The Hall–Kier alpha value is -4.22. The second-order valence-electron chi connectivity index (χ2n) is 13.0. The summed E-state index contributed by atoms with van der Waals surface area (Å²) in [4.78, 5) is 65.5. The molecule has 1 aliphatic heterocycles. The molecule has 0 unspecified atom stereocenters. The fraction of sp³-hybridized carbons (Fsp3) is 0.588. The lowest BCUT2D eigenvalue weighted by atomic mass is 10.0. The monoisotopic (exact) mass is 637 g/mol. The van der Waals surface area contributed by atoms with Gasteiger partial charge < -0.3 is 29.3 Å². The number of aromatic nitrogens is 2. The predicted molar refractivity (Wildman–Crippen MR) is 171 cm³/mol. The summed E-state index contributed by atoms with van der Waals surface area (Å²) in [5.74, 6) is -0.812. The Labute approximate surface area is 271 Å². The van der Waals surface area contributed by atoms with Crippen LogP contribution in [0.25, 0.3) is 11.4 Å². The van der Waals surface area contributed by atoms with Crippen molar-refractivity contribution in [1.82, 2.24) is 25.1 Å². The summed E-state index contributed by atoms with van der Waals surface area (Å²) in [7, 11) is 0. The zero-order valence-electron chi connectivity index (χ0n) is 27.8. The van der Waals surface area contributed by atoms with E-state index in [-0.39, 0.29) is 62.3 Å². The molecule has 1 aliphatic carbocycles. The van der Waals surface area contributed by atoms with Crippen LogP contribution in [-0.4, -0.2) is 93.2 Å². The SMILES string of the molecule is CCOC(=O)N1C[C@@H](C)N(C(=O)[C@H](CCC(=O)OC(C)(C)C)NC(=O)c2cc(OC3CCCC3)nc(-c3ccccc3)n2)C[C@@H]1C. The highest BCUT2D eigenvalue weighted by Crippen LogP contribution is 2.26. The van der Waals surface area contributed by atoms with Gasteiger partial charge in [0.05, 0.1) is 6.61 Å². The Morgan fingerprint density at radius 3 is 2.28 bits per heavy atom. The van der Waals surface area contributed by atoms with Crippen molar-refractivity contribution in [3.05, 3.63) is 42.1 Å². The number of piperazine rings is 1. The van der Waals surface area contributed by atoms with Crippen molar-refractivity contribution in [2.45, 2.75) is 110 Å². The molecule has 250 valence electrons. The van der Waals surface area contributed by atoms with Crippen molar-refractivity contribution < 1.29 is 33.4 Å². The molecule has 3 atom stereocenters. The third-order valence-electron chi connectivity index (χ3n) is 7.99. The van der Waals surface area contributed by atoms with Crippen molar-refractivity contribution in [1.29, 1.82) is 0 Å². The van der Waals surface area contributed by atoms with E-state index in [0.717, 1.165) is 25.7 Å². The summed E-state index contributed by atoms with van der Waals surface area (Å²) in [6, 6.07) is 9.07. The third kappa shape index (κ3) is 9.40. The van der Waals surface area contributed by atoms with Gasteiger partial charge in [0, 0.05) is 43.2 Å². The van der Waals surface area contributed by atoms with Crippen LogP contribution in [0.3, 0.4) is 0 Å². The molecule has 2 fully saturated rings. The molecule has 0 radical (unpaired) electrons. The van der Waals surface area contributed by atoms with Gasteiger partial charge in [-0.05, 0) is 73.6 Å². The van der Waals surface area contributed by atoms with E-state index in [4.69, 9.17) is 14.2 Å². The number of nitrogens with one attached hydrogen (secondary N) is 1. The summed E-state index contributed by atoms with van der Waals surface area (Å²) in [6.07, 6.45) is 3.46. The quantitative estimate of drug-likeness (QED) is 0.365. The van der Waals surface area contributed by atoms with Gasteiger partial charge in [0.1, 0.15) is 23.4 Å². The number of nitrogens with zero attached hydrogens (tertiary/aromatic N) is 4. The van der Waals surface area contributed by atoms with E-state index in [1.165, 1.54) is 6.07 Å². The fourth-order valence-corrected chi connectivity index (χ4v) is 5.73. The first-order valence-electron chi connectivity index (χ1n) is 16.2. The second-order valence-corrected chi connectivity index (χ2v) is 13.0. The highest BCUT2D eigenvalue weighted by atomic mass is 16.6. The van der Waals surface area contributed by atoms with Gasteiger partial charge in [-0.15, -0.1) is 0 Å². The normalized spacial score (nSPS) is 19.3. The van der Waals surface area contributed by atoms with Gasteiger partial charge in [0.15, 0.2) is 5.82 Å². The molecule has 0 bridgehead atoms. The van der Waals surface area contributed by atoms with E-state index in [9.17, 15) is 19.2 Å². The second kappa shape index (κ2) is 15.4. The summed E-state index contributed by atoms with van der Waals surface area (Å²) < 4.78 is 16.8. The molecule has 1 saturated heterocycles. The van der Waals surface area contributed by atoms with E-state index in [0.29, 0.717) is 17.3 Å². The molecule has 1 N–H and O–H groups in total. The standard InChI is InChI=1S/C34H47N5O7/c1-7-44-33(43)39-21-22(2)38(20-23(39)3)32(42)26(17-18-29(40)46-34(4,5)6)36-31(41)27-19-28(45-25-15-11-12-16-25)37-30(35-27)24-13-9-8-10-14-24/h8-10,13-14,19,22-23,25-26H,7,11-12,15-18,20-21H2,1-6H3,(H,36,41)/t22-,23+,26+/m1/s1. The Bertz CT molecular complexity index is 1370. The van der Waals surface area contributed by atoms with Crippen LogP contribution < -0.4 is 10.1 Å². The number of hydrogen-bond donors (Lipinski definition) is 1. The van der Waals surface area contributed by atoms with Crippen LogP contribution in [0.15, 0.2) is 36.4 Å². The molecule has 4 rings (SSSR count). The van der Waals surface area contributed by atoms with Crippen LogP contribution in [0, 0.1) is 0 Å². The number of amides is 3. The van der Waals surface area contributed by atoms with Crippen molar-refractivity contribution in [3.63, 3.8) is 0 Å². The lowest BCUT2D eigenvalue weighted by Gasteiger charge is -2.44. The number of rotatable bonds is 10. The molecule has 3 amide bonds. The van der Waals surface area contributed by atoms with E-state index in [2.05, 4.69) is 15.3 Å². The largest absolute Gasteiger partial charge is 0.474 e. The number of benzene rings is 1. The maximum Gasteiger partial charge on any atom is 0.410 e. The zero-order chi connectivity index (χ0) is 33.4. The van der Waals surface area contributed by atoms with Crippen LogP contribution in [0.4, 0.5) is 4.79 Å². The maximum atomic E-state index is 14.1. The van der Waals surface area contributed by atoms with Gasteiger partial charge in [-0.3, -0.25) is 14.4 Å². The first-order chi connectivity index (χ1) is 21.8. The Balaban J connectivity index is 1.59.